The number of aromatic nitrogens is 3. The number of fused-ring (bicyclic) bond motifs is 2. The maximum absolute atomic E-state index is 12.4. The molecule has 6 nitrogen and oxygen atoms in total. The van der Waals surface area contributed by atoms with Crippen molar-refractivity contribution in [3.63, 3.8) is 0 Å². The van der Waals surface area contributed by atoms with Crippen molar-refractivity contribution in [2.24, 2.45) is 0 Å². The highest BCUT2D eigenvalue weighted by molar-refractivity contribution is 5.94. The maximum atomic E-state index is 12.4. The number of carbonyl (C=O) groups is 1. The molecule has 0 aliphatic rings. The van der Waals surface area contributed by atoms with E-state index in [-0.39, 0.29) is 11.5 Å². The van der Waals surface area contributed by atoms with E-state index in [1.807, 2.05) is 53.1 Å². The number of rotatable bonds is 4. The normalized spacial score (nSPS) is 11.0. The van der Waals surface area contributed by atoms with Crippen molar-refractivity contribution in [2.45, 2.75) is 6.54 Å². The lowest BCUT2D eigenvalue weighted by Crippen LogP contribution is -2.32. The van der Waals surface area contributed by atoms with Gasteiger partial charge in [0, 0.05) is 23.6 Å². The zero-order valence-corrected chi connectivity index (χ0v) is 13.4. The van der Waals surface area contributed by atoms with Crippen LogP contribution in [0.2, 0.25) is 0 Å². The summed E-state index contributed by atoms with van der Waals surface area (Å²) in [6, 6.07) is 16.8. The first-order chi connectivity index (χ1) is 12.2. The van der Waals surface area contributed by atoms with Gasteiger partial charge in [0.15, 0.2) is 0 Å². The molecule has 6 heteroatoms. The van der Waals surface area contributed by atoms with Crippen molar-refractivity contribution in [1.82, 2.24) is 19.5 Å². The predicted molar refractivity (Wildman–Crippen MR) is 95.7 cm³/mol. The summed E-state index contributed by atoms with van der Waals surface area (Å²) in [4.78, 5) is 24.8. The Morgan fingerprint density at radius 2 is 1.88 bits per heavy atom. The summed E-state index contributed by atoms with van der Waals surface area (Å²) in [5.41, 5.74) is 1.37. The molecule has 0 bridgehead atoms. The topological polar surface area (TPSA) is 68.4 Å². The number of pyridine rings is 1. The van der Waals surface area contributed by atoms with Gasteiger partial charge in [-0.25, -0.2) is 4.68 Å². The van der Waals surface area contributed by atoms with Crippen molar-refractivity contribution in [1.29, 1.82) is 0 Å². The molecule has 0 atom stereocenters. The van der Waals surface area contributed by atoms with Gasteiger partial charge in [-0.1, -0.05) is 24.3 Å². The molecule has 0 aliphatic heterocycles. The van der Waals surface area contributed by atoms with Gasteiger partial charge in [-0.3, -0.25) is 9.59 Å². The van der Waals surface area contributed by atoms with Crippen LogP contribution in [0.15, 0.2) is 71.8 Å². The molecule has 0 spiro atoms. The predicted octanol–water partition coefficient (Wildman–Crippen LogP) is 2.08. The second-order valence-electron chi connectivity index (χ2n) is 5.73. The number of amides is 1. The SMILES string of the molecule is O=C(NCCn1ncc2ccccc2c1=O)c1ccc2ccccn12. The van der Waals surface area contributed by atoms with E-state index in [0.717, 1.165) is 10.9 Å². The minimum Gasteiger partial charge on any atom is -0.349 e. The zero-order valence-electron chi connectivity index (χ0n) is 13.4. The first-order valence-corrected chi connectivity index (χ1v) is 8.03. The Morgan fingerprint density at radius 3 is 2.80 bits per heavy atom. The van der Waals surface area contributed by atoms with Crippen molar-refractivity contribution < 1.29 is 4.79 Å². The average molecular weight is 332 g/mol. The fraction of sp³-hybridized carbons (Fsp3) is 0.105. The van der Waals surface area contributed by atoms with E-state index in [1.165, 1.54) is 4.68 Å². The van der Waals surface area contributed by atoms with Gasteiger partial charge in [0.2, 0.25) is 0 Å². The number of carbonyl (C=O) groups excluding carboxylic acids is 1. The second-order valence-corrected chi connectivity index (χ2v) is 5.73. The van der Waals surface area contributed by atoms with Crippen LogP contribution in [0.4, 0.5) is 0 Å². The van der Waals surface area contributed by atoms with Crippen LogP contribution in [-0.4, -0.2) is 26.6 Å². The molecular weight excluding hydrogens is 316 g/mol. The Bertz CT molecular complexity index is 1130. The van der Waals surface area contributed by atoms with Crippen LogP contribution in [0.1, 0.15) is 10.5 Å². The summed E-state index contributed by atoms with van der Waals surface area (Å²) in [5.74, 6) is -0.181. The number of nitrogens with zero attached hydrogens (tertiary/aromatic N) is 3. The minimum absolute atomic E-state index is 0.152. The van der Waals surface area contributed by atoms with E-state index in [4.69, 9.17) is 0 Å². The molecule has 3 aromatic heterocycles. The van der Waals surface area contributed by atoms with Crippen molar-refractivity contribution in [3.8, 4) is 0 Å². The molecule has 124 valence electrons. The van der Waals surface area contributed by atoms with E-state index in [2.05, 4.69) is 10.4 Å². The highest BCUT2D eigenvalue weighted by Gasteiger charge is 2.10. The summed E-state index contributed by atoms with van der Waals surface area (Å²) in [6.45, 7) is 0.642. The lowest BCUT2D eigenvalue weighted by Gasteiger charge is -2.08. The van der Waals surface area contributed by atoms with E-state index >= 15 is 0 Å². The van der Waals surface area contributed by atoms with E-state index in [0.29, 0.717) is 24.2 Å². The van der Waals surface area contributed by atoms with Gasteiger partial charge in [0.1, 0.15) is 5.69 Å². The van der Waals surface area contributed by atoms with E-state index < -0.39 is 0 Å². The molecule has 4 aromatic rings. The third-order valence-electron chi connectivity index (χ3n) is 4.17. The minimum atomic E-state index is -0.181. The number of hydrogen-bond donors (Lipinski definition) is 1. The van der Waals surface area contributed by atoms with Crippen LogP contribution in [0.25, 0.3) is 16.3 Å². The Balaban J connectivity index is 1.48. The summed E-state index contributed by atoms with van der Waals surface area (Å²) in [5, 5.41) is 8.44. The molecule has 0 saturated heterocycles. The fourth-order valence-corrected chi connectivity index (χ4v) is 2.89. The van der Waals surface area contributed by atoms with Crippen molar-refractivity contribution in [2.75, 3.05) is 6.54 Å². The van der Waals surface area contributed by atoms with E-state index in [9.17, 15) is 9.59 Å². The van der Waals surface area contributed by atoms with Crippen LogP contribution in [-0.2, 0) is 6.54 Å². The third-order valence-corrected chi connectivity index (χ3v) is 4.17. The summed E-state index contributed by atoms with van der Waals surface area (Å²) in [6.07, 6.45) is 3.51. The van der Waals surface area contributed by atoms with Gasteiger partial charge in [0.05, 0.1) is 18.1 Å². The van der Waals surface area contributed by atoms with Crippen LogP contribution >= 0.6 is 0 Å². The van der Waals surface area contributed by atoms with Gasteiger partial charge in [-0.15, -0.1) is 0 Å². The van der Waals surface area contributed by atoms with Gasteiger partial charge in [-0.05, 0) is 30.3 Å². The number of hydrogen-bond acceptors (Lipinski definition) is 3. The number of benzene rings is 1. The van der Waals surface area contributed by atoms with Crippen molar-refractivity contribution in [3.05, 3.63) is 83.0 Å². The van der Waals surface area contributed by atoms with Crippen LogP contribution in [0, 0.1) is 0 Å². The Hall–Kier alpha value is -3.41. The summed E-state index contributed by atoms with van der Waals surface area (Å²) >= 11 is 0. The molecule has 4 rings (SSSR count). The first-order valence-electron chi connectivity index (χ1n) is 8.03. The van der Waals surface area contributed by atoms with Gasteiger partial charge < -0.3 is 9.72 Å². The van der Waals surface area contributed by atoms with Gasteiger partial charge in [-0.2, -0.15) is 5.10 Å². The maximum Gasteiger partial charge on any atom is 0.274 e. The fourth-order valence-electron chi connectivity index (χ4n) is 2.89. The Kier molecular flexibility index (Phi) is 3.78. The molecule has 1 amide bonds. The van der Waals surface area contributed by atoms with Crippen LogP contribution < -0.4 is 10.9 Å². The molecule has 1 N–H and O–H groups in total. The molecule has 25 heavy (non-hydrogen) atoms. The second kappa shape index (κ2) is 6.24. The molecule has 0 aliphatic carbocycles. The lowest BCUT2D eigenvalue weighted by molar-refractivity contribution is 0.0946. The standard InChI is InChI=1S/C19H16N4O2/c24-18(17-9-8-15-6-3-4-11-22(15)17)20-10-12-23-19(25)16-7-2-1-5-14(16)13-21-23/h1-9,11,13H,10,12H2,(H,20,24). The first kappa shape index (κ1) is 15.1. The summed E-state index contributed by atoms with van der Waals surface area (Å²) < 4.78 is 3.20. The molecule has 3 heterocycles. The quantitative estimate of drug-likeness (QED) is 0.622. The lowest BCUT2D eigenvalue weighted by atomic mass is 10.2. The third kappa shape index (κ3) is 2.78. The summed E-state index contributed by atoms with van der Waals surface area (Å²) in [7, 11) is 0. The largest absolute Gasteiger partial charge is 0.349 e. The monoisotopic (exact) mass is 332 g/mol. The zero-order chi connectivity index (χ0) is 17.2. The van der Waals surface area contributed by atoms with E-state index in [1.54, 1.807) is 18.3 Å². The highest BCUT2D eigenvalue weighted by atomic mass is 16.2. The molecule has 0 fully saturated rings. The molecular formula is C19H16N4O2. The molecule has 0 unspecified atom stereocenters. The van der Waals surface area contributed by atoms with Crippen LogP contribution in [0.3, 0.4) is 0 Å². The molecule has 1 aromatic carbocycles. The van der Waals surface area contributed by atoms with Gasteiger partial charge in [0.25, 0.3) is 11.5 Å². The number of nitrogens with one attached hydrogen (secondary N) is 1. The Morgan fingerprint density at radius 1 is 1.04 bits per heavy atom. The highest BCUT2D eigenvalue weighted by Crippen LogP contribution is 2.09. The smallest absolute Gasteiger partial charge is 0.274 e. The average Bonchev–Trinajstić information content (AvgIpc) is 3.08. The van der Waals surface area contributed by atoms with Gasteiger partial charge >= 0.3 is 0 Å². The molecule has 0 radical (unpaired) electrons. The van der Waals surface area contributed by atoms with Crippen molar-refractivity contribution >= 4 is 22.2 Å². The van der Waals surface area contributed by atoms with Crippen LogP contribution in [0.5, 0.6) is 0 Å². The Labute approximate surface area is 143 Å². The molecule has 0 saturated carbocycles.